The van der Waals surface area contributed by atoms with E-state index < -0.39 is 6.10 Å². The van der Waals surface area contributed by atoms with Gasteiger partial charge in [0.15, 0.2) is 0 Å². The quantitative estimate of drug-likeness (QED) is 0.852. The summed E-state index contributed by atoms with van der Waals surface area (Å²) in [6, 6.07) is 14.3. The fraction of sp³-hybridized carbons (Fsp3) is 0.333. The fourth-order valence-corrected chi connectivity index (χ4v) is 2.79. The summed E-state index contributed by atoms with van der Waals surface area (Å²) in [5.41, 5.74) is 4.74. The Balaban J connectivity index is 1.97. The van der Waals surface area contributed by atoms with Crippen molar-refractivity contribution in [2.24, 2.45) is 0 Å². The molecule has 3 heteroatoms. The molecule has 21 heavy (non-hydrogen) atoms. The normalized spacial score (nSPS) is 12.2. The summed E-state index contributed by atoms with van der Waals surface area (Å²) in [5.74, 6) is 0. The molecule has 0 fully saturated rings. The van der Waals surface area contributed by atoms with Gasteiger partial charge in [-0.25, -0.2) is 0 Å². The van der Waals surface area contributed by atoms with Gasteiger partial charge in [0.2, 0.25) is 0 Å². The molecule has 0 bridgehead atoms. The summed E-state index contributed by atoms with van der Waals surface area (Å²) >= 11 is 3.41. The minimum Gasteiger partial charge on any atom is -0.388 e. The van der Waals surface area contributed by atoms with Gasteiger partial charge in [0.05, 0.1) is 6.10 Å². The Morgan fingerprint density at radius 3 is 2.38 bits per heavy atom. The van der Waals surface area contributed by atoms with Crippen molar-refractivity contribution in [3.8, 4) is 0 Å². The second kappa shape index (κ2) is 7.10. The molecule has 0 amide bonds. The number of hydrogen-bond acceptors (Lipinski definition) is 2. The SMILES string of the molecule is Cc1ccc(N(C)CCC(O)c2ccc(Br)cc2)c(C)c1. The minimum atomic E-state index is -0.425. The molecule has 1 atom stereocenters. The lowest BCUT2D eigenvalue weighted by molar-refractivity contribution is 0.170. The van der Waals surface area contributed by atoms with Gasteiger partial charge >= 0.3 is 0 Å². The highest BCUT2D eigenvalue weighted by Gasteiger charge is 2.10. The summed E-state index contributed by atoms with van der Waals surface area (Å²) in [6.45, 7) is 5.05. The average Bonchev–Trinajstić information content (AvgIpc) is 2.45. The molecule has 2 aromatic carbocycles. The standard InChI is InChI=1S/C18H22BrNO/c1-13-4-9-17(14(2)12-13)20(3)11-10-18(21)15-5-7-16(19)8-6-15/h4-9,12,18,21H,10-11H2,1-3H3. The van der Waals surface area contributed by atoms with E-state index >= 15 is 0 Å². The Morgan fingerprint density at radius 2 is 1.76 bits per heavy atom. The van der Waals surface area contributed by atoms with Gasteiger partial charge in [-0.2, -0.15) is 0 Å². The van der Waals surface area contributed by atoms with E-state index in [-0.39, 0.29) is 0 Å². The van der Waals surface area contributed by atoms with Crippen molar-refractivity contribution in [1.82, 2.24) is 0 Å². The summed E-state index contributed by atoms with van der Waals surface area (Å²) < 4.78 is 1.03. The molecule has 0 aliphatic heterocycles. The Morgan fingerprint density at radius 1 is 1.10 bits per heavy atom. The van der Waals surface area contributed by atoms with Crippen molar-refractivity contribution in [3.05, 3.63) is 63.6 Å². The van der Waals surface area contributed by atoms with Gasteiger partial charge in [0.1, 0.15) is 0 Å². The number of anilines is 1. The van der Waals surface area contributed by atoms with Crippen LogP contribution in [0.1, 0.15) is 29.2 Å². The number of hydrogen-bond donors (Lipinski definition) is 1. The monoisotopic (exact) mass is 347 g/mol. The Hall–Kier alpha value is -1.32. The Bertz CT molecular complexity index is 595. The van der Waals surface area contributed by atoms with Crippen LogP contribution in [-0.2, 0) is 0 Å². The number of aryl methyl sites for hydroxylation is 2. The molecule has 0 spiro atoms. The number of aliphatic hydroxyl groups excluding tert-OH is 1. The first-order valence-corrected chi connectivity index (χ1v) is 7.98. The predicted molar refractivity (Wildman–Crippen MR) is 92.9 cm³/mol. The Kier molecular flexibility index (Phi) is 5.43. The van der Waals surface area contributed by atoms with E-state index in [2.05, 4.69) is 59.9 Å². The molecular formula is C18H22BrNO. The highest BCUT2D eigenvalue weighted by atomic mass is 79.9. The van der Waals surface area contributed by atoms with E-state index in [1.165, 1.54) is 16.8 Å². The van der Waals surface area contributed by atoms with Crippen molar-refractivity contribution in [3.63, 3.8) is 0 Å². The molecular weight excluding hydrogens is 326 g/mol. The molecule has 0 radical (unpaired) electrons. The number of nitrogens with zero attached hydrogens (tertiary/aromatic N) is 1. The third-order valence-corrected chi connectivity index (χ3v) is 4.28. The van der Waals surface area contributed by atoms with Crippen LogP contribution in [0.5, 0.6) is 0 Å². The zero-order chi connectivity index (χ0) is 15.4. The maximum Gasteiger partial charge on any atom is 0.0806 e. The van der Waals surface area contributed by atoms with Crippen LogP contribution in [0, 0.1) is 13.8 Å². The van der Waals surface area contributed by atoms with Crippen LogP contribution in [0.2, 0.25) is 0 Å². The number of aliphatic hydroxyl groups is 1. The van der Waals surface area contributed by atoms with Crippen molar-refractivity contribution in [1.29, 1.82) is 0 Å². The predicted octanol–water partition coefficient (Wildman–Crippen LogP) is 4.63. The van der Waals surface area contributed by atoms with Crippen LogP contribution in [0.4, 0.5) is 5.69 Å². The van der Waals surface area contributed by atoms with Crippen molar-refractivity contribution in [2.45, 2.75) is 26.4 Å². The molecule has 0 aliphatic carbocycles. The molecule has 0 aliphatic rings. The summed E-state index contributed by atoms with van der Waals surface area (Å²) in [5, 5.41) is 10.3. The largest absolute Gasteiger partial charge is 0.388 e. The van der Waals surface area contributed by atoms with Gasteiger partial charge in [0, 0.05) is 23.8 Å². The summed E-state index contributed by atoms with van der Waals surface area (Å²) in [6.07, 6.45) is 0.289. The maximum atomic E-state index is 10.3. The summed E-state index contributed by atoms with van der Waals surface area (Å²) in [7, 11) is 2.08. The topological polar surface area (TPSA) is 23.5 Å². The lowest BCUT2D eigenvalue weighted by atomic mass is 10.1. The van der Waals surface area contributed by atoms with Crippen LogP contribution in [0.15, 0.2) is 46.9 Å². The van der Waals surface area contributed by atoms with E-state index in [9.17, 15) is 5.11 Å². The average molecular weight is 348 g/mol. The second-order valence-corrected chi connectivity index (χ2v) is 6.48. The first kappa shape index (κ1) is 16.1. The van der Waals surface area contributed by atoms with Gasteiger partial charge in [-0.05, 0) is 49.6 Å². The van der Waals surface area contributed by atoms with E-state index in [1.807, 2.05) is 24.3 Å². The first-order chi connectivity index (χ1) is 9.97. The number of halogens is 1. The van der Waals surface area contributed by atoms with Gasteiger partial charge < -0.3 is 10.0 Å². The molecule has 1 unspecified atom stereocenters. The first-order valence-electron chi connectivity index (χ1n) is 7.19. The van der Waals surface area contributed by atoms with E-state index in [0.717, 1.165) is 16.6 Å². The van der Waals surface area contributed by atoms with Crippen LogP contribution in [0.3, 0.4) is 0 Å². The lowest BCUT2D eigenvalue weighted by Crippen LogP contribution is -2.21. The molecule has 2 aromatic rings. The molecule has 0 saturated heterocycles. The third kappa shape index (κ3) is 4.32. The molecule has 0 heterocycles. The van der Waals surface area contributed by atoms with Gasteiger partial charge in [-0.1, -0.05) is 45.8 Å². The van der Waals surface area contributed by atoms with Crippen LogP contribution in [0.25, 0.3) is 0 Å². The molecule has 2 rings (SSSR count). The van der Waals surface area contributed by atoms with E-state index in [1.54, 1.807) is 0 Å². The van der Waals surface area contributed by atoms with Crippen molar-refractivity contribution in [2.75, 3.05) is 18.5 Å². The fourth-order valence-electron chi connectivity index (χ4n) is 2.52. The smallest absolute Gasteiger partial charge is 0.0806 e. The minimum absolute atomic E-state index is 0.425. The third-order valence-electron chi connectivity index (χ3n) is 3.76. The highest BCUT2D eigenvalue weighted by Crippen LogP contribution is 2.23. The number of benzene rings is 2. The second-order valence-electron chi connectivity index (χ2n) is 5.57. The number of rotatable bonds is 5. The van der Waals surface area contributed by atoms with E-state index in [0.29, 0.717) is 6.42 Å². The Labute approximate surface area is 135 Å². The maximum absolute atomic E-state index is 10.3. The van der Waals surface area contributed by atoms with Crippen LogP contribution < -0.4 is 4.90 Å². The molecule has 0 aromatic heterocycles. The van der Waals surface area contributed by atoms with Gasteiger partial charge in [-0.15, -0.1) is 0 Å². The molecule has 2 nitrogen and oxygen atoms in total. The van der Waals surface area contributed by atoms with Gasteiger partial charge in [-0.3, -0.25) is 0 Å². The van der Waals surface area contributed by atoms with Crippen LogP contribution in [-0.4, -0.2) is 18.7 Å². The molecule has 0 saturated carbocycles. The van der Waals surface area contributed by atoms with E-state index in [4.69, 9.17) is 0 Å². The van der Waals surface area contributed by atoms with Crippen molar-refractivity contribution >= 4 is 21.6 Å². The highest BCUT2D eigenvalue weighted by molar-refractivity contribution is 9.10. The van der Waals surface area contributed by atoms with Crippen molar-refractivity contribution < 1.29 is 5.11 Å². The van der Waals surface area contributed by atoms with Crippen LogP contribution >= 0.6 is 15.9 Å². The lowest BCUT2D eigenvalue weighted by Gasteiger charge is -2.23. The zero-order valence-corrected chi connectivity index (χ0v) is 14.4. The molecule has 1 N–H and O–H groups in total. The summed E-state index contributed by atoms with van der Waals surface area (Å²) in [4.78, 5) is 2.21. The molecule has 112 valence electrons. The zero-order valence-electron chi connectivity index (χ0n) is 12.8. The van der Waals surface area contributed by atoms with Gasteiger partial charge in [0.25, 0.3) is 0 Å².